The van der Waals surface area contributed by atoms with E-state index in [0.29, 0.717) is 18.5 Å². The number of aliphatic carboxylic acids is 1. The first-order valence-electron chi connectivity index (χ1n) is 5.48. The molecule has 0 saturated heterocycles. The summed E-state index contributed by atoms with van der Waals surface area (Å²) < 4.78 is 36.6. The normalized spacial score (nSPS) is 20.7. The molecule has 0 fully saturated rings. The van der Waals surface area contributed by atoms with Crippen molar-refractivity contribution in [3.8, 4) is 0 Å². The van der Waals surface area contributed by atoms with Gasteiger partial charge in [0.1, 0.15) is 6.04 Å². The fourth-order valence-electron chi connectivity index (χ4n) is 2.17. The molecule has 2 heterocycles. The van der Waals surface area contributed by atoms with Crippen molar-refractivity contribution in [2.75, 3.05) is 13.1 Å². The molecule has 1 aliphatic rings. The number of carbonyl (C=O) groups is 1. The van der Waals surface area contributed by atoms with Gasteiger partial charge in [0.15, 0.2) is 0 Å². The standard InChI is InChI=1S/C11H12F3NO2S/c12-11(13,14)3-5-15-4-1-8-7(2-6-18-8)9(15)10(16)17/h2,6,9H,1,3-5H2,(H,16,17). The van der Waals surface area contributed by atoms with Crippen LogP contribution < -0.4 is 0 Å². The Hall–Kier alpha value is -1.08. The zero-order chi connectivity index (χ0) is 13.3. The maximum atomic E-state index is 12.2. The number of hydrogen-bond acceptors (Lipinski definition) is 3. The van der Waals surface area contributed by atoms with Gasteiger partial charge in [0.25, 0.3) is 0 Å². The summed E-state index contributed by atoms with van der Waals surface area (Å²) in [5, 5.41) is 11.0. The SMILES string of the molecule is O=C(O)C1c2ccsc2CCN1CCC(F)(F)F. The minimum Gasteiger partial charge on any atom is -0.480 e. The highest BCUT2D eigenvalue weighted by Gasteiger charge is 2.36. The molecule has 0 amide bonds. The maximum Gasteiger partial charge on any atom is 0.390 e. The van der Waals surface area contributed by atoms with Crippen LogP contribution in [0.15, 0.2) is 11.4 Å². The van der Waals surface area contributed by atoms with Crippen molar-refractivity contribution in [2.45, 2.75) is 25.1 Å². The molecule has 7 heteroatoms. The smallest absolute Gasteiger partial charge is 0.390 e. The predicted molar refractivity (Wildman–Crippen MR) is 60.6 cm³/mol. The Labute approximate surface area is 106 Å². The maximum absolute atomic E-state index is 12.2. The van der Waals surface area contributed by atoms with Crippen LogP contribution in [0.5, 0.6) is 0 Å². The summed E-state index contributed by atoms with van der Waals surface area (Å²) in [6, 6.07) is 0.751. The number of alkyl halides is 3. The molecule has 1 aromatic heterocycles. The van der Waals surface area contributed by atoms with E-state index < -0.39 is 24.6 Å². The van der Waals surface area contributed by atoms with Gasteiger partial charge in [-0.25, -0.2) is 0 Å². The van der Waals surface area contributed by atoms with Gasteiger partial charge < -0.3 is 5.11 Å². The lowest BCUT2D eigenvalue weighted by Gasteiger charge is -2.33. The molecule has 0 aliphatic carbocycles. The molecule has 2 rings (SSSR count). The zero-order valence-corrected chi connectivity index (χ0v) is 10.2. The first-order chi connectivity index (χ1) is 8.38. The number of carboxylic acids is 1. The van der Waals surface area contributed by atoms with Crippen LogP contribution in [-0.4, -0.2) is 35.2 Å². The molecule has 0 bridgehead atoms. The van der Waals surface area contributed by atoms with Crippen LogP contribution in [0, 0.1) is 0 Å². The lowest BCUT2D eigenvalue weighted by Crippen LogP contribution is -2.40. The third kappa shape index (κ3) is 2.84. The van der Waals surface area contributed by atoms with E-state index in [-0.39, 0.29) is 6.54 Å². The van der Waals surface area contributed by atoms with Crippen molar-refractivity contribution in [1.29, 1.82) is 0 Å². The highest BCUT2D eigenvalue weighted by Crippen LogP contribution is 2.34. The van der Waals surface area contributed by atoms with Crippen LogP contribution in [0.2, 0.25) is 0 Å². The average Bonchev–Trinajstić information content (AvgIpc) is 2.71. The zero-order valence-electron chi connectivity index (χ0n) is 9.41. The second-order valence-electron chi connectivity index (χ2n) is 4.19. The Morgan fingerprint density at radius 3 is 2.89 bits per heavy atom. The molecule has 0 aromatic carbocycles. The fourth-order valence-corrected chi connectivity index (χ4v) is 3.07. The minimum atomic E-state index is -4.25. The monoisotopic (exact) mass is 279 g/mol. The molecule has 3 nitrogen and oxygen atoms in total. The molecule has 1 unspecified atom stereocenters. The number of fused-ring (bicyclic) bond motifs is 1. The van der Waals surface area contributed by atoms with Crippen molar-refractivity contribution in [1.82, 2.24) is 4.90 Å². The number of thiophene rings is 1. The summed E-state index contributed by atoms with van der Waals surface area (Å²) in [5.74, 6) is -1.09. The Balaban J connectivity index is 2.15. The van der Waals surface area contributed by atoms with E-state index in [9.17, 15) is 23.1 Å². The highest BCUT2D eigenvalue weighted by atomic mass is 32.1. The molecule has 0 radical (unpaired) electrons. The van der Waals surface area contributed by atoms with E-state index in [2.05, 4.69) is 0 Å². The van der Waals surface area contributed by atoms with Gasteiger partial charge in [-0.3, -0.25) is 9.69 Å². The van der Waals surface area contributed by atoms with Gasteiger partial charge in [-0.1, -0.05) is 0 Å². The minimum absolute atomic E-state index is 0.268. The molecular formula is C11H12F3NO2S. The van der Waals surface area contributed by atoms with Gasteiger partial charge in [-0.05, 0) is 23.4 Å². The second-order valence-corrected chi connectivity index (χ2v) is 5.19. The van der Waals surface area contributed by atoms with Gasteiger partial charge >= 0.3 is 12.1 Å². The third-order valence-electron chi connectivity index (χ3n) is 2.98. The molecule has 100 valence electrons. The Bertz CT molecular complexity index is 444. The first kappa shape index (κ1) is 13.4. The summed E-state index contributed by atoms with van der Waals surface area (Å²) in [5.41, 5.74) is 0.640. The number of halogens is 3. The van der Waals surface area contributed by atoms with Crippen molar-refractivity contribution in [3.63, 3.8) is 0 Å². The van der Waals surface area contributed by atoms with Crippen molar-refractivity contribution in [3.05, 3.63) is 21.9 Å². The van der Waals surface area contributed by atoms with E-state index in [0.717, 1.165) is 4.88 Å². The molecular weight excluding hydrogens is 267 g/mol. The predicted octanol–water partition coefficient (Wildman–Crippen LogP) is 2.68. The van der Waals surface area contributed by atoms with Crippen LogP contribution in [-0.2, 0) is 11.2 Å². The Morgan fingerprint density at radius 2 is 2.28 bits per heavy atom. The van der Waals surface area contributed by atoms with Gasteiger partial charge in [-0.15, -0.1) is 11.3 Å². The van der Waals surface area contributed by atoms with Crippen molar-refractivity contribution < 1.29 is 23.1 Å². The summed E-state index contributed by atoms with van der Waals surface area (Å²) >= 11 is 1.46. The van der Waals surface area contributed by atoms with Gasteiger partial charge in [0.05, 0.1) is 6.42 Å². The van der Waals surface area contributed by atoms with Crippen molar-refractivity contribution in [2.24, 2.45) is 0 Å². The van der Waals surface area contributed by atoms with Gasteiger partial charge in [0, 0.05) is 18.0 Å². The van der Waals surface area contributed by atoms with Crippen LogP contribution in [0.1, 0.15) is 22.9 Å². The molecule has 18 heavy (non-hydrogen) atoms. The number of nitrogens with zero attached hydrogens (tertiary/aromatic N) is 1. The lowest BCUT2D eigenvalue weighted by atomic mass is 10.00. The van der Waals surface area contributed by atoms with E-state index in [1.54, 1.807) is 11.4 Å². The number of rotatable bonds is 3. The topological polar surface area (TPSA) is 40.5 Å². The van der Waals surface area contributed by atoms with Crippen molar-refractivity contribution >= 4 is 17.3 Å². The summed E-state index contributed by atoms with van der Waals surface area (Å²) in [4.78, 5) is 13.6. The van der Waals surface area contributed by atoms with E-state index >= 15 is 0 Å². The number of carboxylic acid groups (broad SMARTS) is 1. The summed E-state index contributed by atoms with van der Waals surface area (Å²) in [6.45, 7) is 0.0936. The van der Waals surface area contributed by atoms with E-state index in [1.165, 1.54) is 16.2 Å². The van der Waals surface area contributed by atoms with Crippen LogP contribution in [0.4, 0.5) is 13.2 Å². The summed E-state index contributed by atoms with van der Waals surface area (Å²) in [7, 11) is 0. The molecule has 1 N–H and O–H groups in total. The van der Waals surface area contributed by atoms with Crippen LogP contribution in [0.25, 0.3) is 0 Å². The molecule has 0 spiro atoms. The third-order valence-corrected chi connectivity index (χ3v) is 3.98. The first-order valence-corrected chi connectivity index (χ1v) is 6.36. The fraction of sp³-hybridized carbons (Fsp3) is 0.545. The molecule has 1 aromatic rings. The van der Waals surface area contributed by atoms with E-state index in [4.69, 9.17) is 0 Å². The second kappa shape index (κ2) is 4.89. The lowest BCUT2D eigenvalue weighted by molar-refractivity contribution is -0.151. The molecule has 1 aliphatic heterocycles. The number of hydrogen-bond donors (Lipinski definition) is 1. The summed E-state index contributed by atoms with van der Waals surface area (Å²) in [6.07, 6.45) is -4.61. The highest BCUT2D eigenvalue weighted by molar-refractivity contribution is 7.10. The van der Waals surface area contributed by atoms with Crippen LogP contribution in [0.3, 0.4) is 0 Å². The van der Waals surface area contributed by atoms with Crippen LogP contribution >= 0.6 is 11.3 Å². The van der Waals surface area contributed by atoms with E-state index in [1.807, 2.05) is 0 Å². The Morgan fingerprint density at radius 1 is 1.56 bits per heavy atom. The van der Waals surface area contributed by atoms with Gasteiger partial charge in [0.2, 0.25) is 0 Å². The molecule has 0 saturated carbocycles. The average molecular weight is 279 g/mol. The molecule has 1 atom stereocenters. The largest absolute Gasteiger partial charge is 0.480 e. The van der Waals surface area contributed by atoms with Gasteiger partial charge in [-0.2, -0.15) is 13.2 Å². The Kier molecular flexibility index (Phi) is 3.63. The quantitative estimate of drug-likeness (QED) is 0.924.